The summed E-state index contributed by atoms with van der Waals surface area (Å²) in [7, 11) is 0.101. The van der Waals surface area contributed by atoms with Gasteiger partial charge in [-0.25, -0.2) is 8.42 Å². The van der Waals surface area contributed by atoms with Gasteiger partial charge in [0.05, 0.1) is 4.90 Å². The molecule has 6 nitrogen and oxygen atoms in total. The monoisotopic (exact) mass is 457 g/mol. The molecule has 2 aromatic carbocycles. The van der Waals surface area contributed by atoms with E-state index in [0.717, 1.165) is 50.8 Å². The van der Waals surface area contributed by atoms with E-state index in [1.807, 2.05) is 26.1 Å². The van der Waals surface area contributed by atoms with Crippen molar-refractivity contribution in [1.29, 1.82) is 0 Å². The maximum atomic E-state index is 13.2. The van der Waals surface area contributed by atoms with Crippen molar-refractivity contribution in [2.24, 2.45) is 0 Å². The molecule has 1 amide bonds. The van der Waals surface area contributed by atoms with Crippen LogP contribution in [0, 0.1) is 6.92 Å². The smallest absolute Gasteiger partial charge is 0.261 e. The van der Waals surface area contributed by atoms with Crippen LogP contribution in [0.2, 0.25) is 0 Å². The zero-order chi connectivity index (χ0) is 23.3. The van der Waals surface area contributed by atoms with Gasteiger partial charge in [-0.15, -0.1) is 0 Å². The number of aryl methyl sites for hydroxylation is 2. The standard InChI is InChI=1S/C25H35N3O3S/c1-5-6-7-20-9-11-21(12-10-20)26-32(30,31)23-13-8-19(2)24(18-23)25(29)28(4)22-14-16-27(3)17-15-22/h8-13,18,22,26H,5-7,14-17H2,1-4H3. The number of carbonyl (C=O) groups is 1. The maximum absolute atomic E-state index is 13.2. The molecule has 1 saturated heterocycles. The predicted octanol–water partition coefficient (Wildman–Crippen LogP) is 4.30. The third-order valence-electron chi connectivity index (χ3n) is 6.33. The highest BCUT2D eigenvalue weighted by Gasteiger charge is 2.26. The number of carbonyl (C=O) groups excluding carboxylic acids is 1. The SMILES string of the molecule is CCCCc1ccc(NS(=O)(=O)c2ccc(C)c(C(=O)N(C)C3CCN(C)CC3)c2)cc1. The lowest BCUT2D eigenvalue weighted by molar-refractivity contribution is 0.0658. The van der Waals surface area contributed by atoms with Gasteiger partial charge in [-0.1, -0.05) is 31.5 Å². The molecule has 1 aliphatic rings. The first kappa shape index (κ1) is 24.3. The van der Waals surface area contributed by atoms with Crippen molar-refractivity contribution in [3.63, 3.8) is 0 Å². The second-order valence-corrected chi connectivity index (χ2v) is 10.5. The molecule has 0 spiro atoms. The molecule has 0 aromatic heterocycles. The van der Waals surface area contributed by atoms with E-state index in [9.17, 15) is 13.2 Å². The summed E-state index contributed by atoms with van der Waals surface area (Å²) in [6.07, 6.45) is 5.06. The summed E-state index contributed by atoms with van der Waals surface area (Å²) < 4.78 is 28.7. The first-order valence-corrected chi connectivity index (χ1v) is 12.9. The van der Waals surface area contributed by atoms with Crippen molar-refractivity contribution < 1.29 is 13.2 Å². The summed E-state index contributed by atoms with van der Waals surface area (Å²) in [6.45, 7) is 5.90. The fourth-order valence-electron chi connectivity index (χ4n) is 4.07. The third-order valence-corrected chi connectivity index (χ3v) is 7.71. The minimum atomic E-state index is -3.80. The van der Waals surface area contributed by atoms with E-state index in [-0.39, 0.29) is 16.8 Å². The Morgan fingerprint density at radius 3 is 2.41 bits per heavy atom. The van der Waals surface area contributed by atoms with E-state index in [4.69, 9.17) is 0 Å². The van der Waals surface area contributed by atoms with E-state index < -0.39 is 10.0 Å². The van der Waals surface area contributed by atoms with Crippen LogP contribution in [0.1, 0.15) is 54.1 Å². The van der Waals surface area contributed by atoms with Crippen LogP contribution in [0.15, 0.2) is 47.4 Å². The van der Waals surface area contributed by atoms with Gasteiger partial charge in [0, 0.05) is 24.3 Å². The lowest BCUT2D eigenvalue weighted by Gasteiger charge is -2.35. The zero-order valence-electron chi connectivity index (χ0n) is 19.6. The Bertz CT molecular complexity index is 1030. The Hall–Kier alpha value is -2.38. The van der Waals surface area contributed by atoms with Gasteiger partial charge in [0.25, 0.3) is 15.9 Å². The normalized spacial score (nSPS) is 15.5. The van der Waals surface area contributed by atoms with Gasteiger partial charge in [-0.05, 0) is 88.1 Å². The molecule has 0 radical (unpaired) electrons. The summed E-state index contributed by atoms with van der Waals surface area (Å²) in [5, 5.41) is 0. The number of amides is 1. The third kappa shape index (κ3) is 5.90. The molecule has 1 heterocycles. The highest BCUT2D eigenvalue weighted by Crippen LogP contribution is 2.23. The number of likely N-dealkylation sites (tertiary alicyclic amines) is 1. The van der Waals surface area contributed by atoms with Gasteiger partial charge in [-0.2, -0.15) is 0 Å². The van der Waals surface area contributed by atoms with Crippen LogP contribution in [-0.2, 0) is 16.4 Å². The number of sulfonamides is 1. The fraction of sp³-hybridized carbons (Fsp3) is 0.480. The van der Waals surface area contributed by atoms with E-state index in [0.29, 0.717) is 11.3 Å². The van der Waals surface area contributed by atoms with Gasteiger partial charge in [0.1, 0.15) is 0 Å². The average Bonchev–Trinajstić information content (AvgIpc) is 2.78. The highest BCUT2D eigenvalue weighted by atomic mass is 32.2. The fourth-order valence-corrected chi connectivity index (χ4v) is 5.16. The number of anilines is 1. The molecule has 1 aliphatic heterocycles. The van der Waals surface area contributed by atoms with Crippen molar-refractivity contribution >= 4 is 21.6 Å². The van der Waals surface area contributed by atoms with E-state index in [1.54, 1.807) is 29.2 Å². The Morgan fingerprint density at radius 2 is 1.78 bits per heavy atom. The minimum absolute atomic E-state index is 0.0956. The topological polar surface area (TPSA) is 69.7 Å². The summed E-state index contributed by atoms with van der Waals surface area (Å²) in [6, 6.07) is 12.4. The van der Waals surface area contributed by atoms with Gasteiger partial charge in [0.2, 0.25) is 0 Å². The van der Waals surface area contributed by atoms with Crippen LogP contribution in [0.25, 0.3) is 0 Å². The van der Waals surface area contributed by atoms with Crippen LogP contribution in [0.5, 0.6) is 0 Å². The molecular weight excluding hydrogens is 422 g/mol. The van der Waals surface area contributed by atoms with Crippen LogP contribution in [-0.4, -0.2) is 57.4 Å². The summed E-state index contributed by atoms with van der Waals surface area (Å²) in [5.41, 5.74) is 2.91. The number of nitrogens with zero attached hydrogens (tertiary/aromatic N) is 2. The quantitative estimate of drug-likeness (QED) is 0.641. The molecule has 0 aliphatic carbocycles. The lowest BCUT2D eigenvalue weighted by Crippen LogP contribution is -2.44. The Labute approximate surface area is 192 Å². The van der Waals surface area contributed by atoms with E-state index >= 15 is 0 Å². The molecule has 1 fully saturated rings. The van der Waals surface area contributed by atoms with E-state index in [2.05, 4.69) is 23.6 Å². The lowest BCUT2D eigenvalue weighted by atomic mass is 10.0. The molecule has 0 atom stereocenters. The van der Waals surface area contributed by atoms with Crippen LogP contribution in [0.4, 0.5) is 5.69 Å². The minimum Gasteiger partial charge on any atom is -0.339 e. The van der Waals surface area contributed by atoms with Gasteiger partial charge >= 0.3 is 0 Å². The van der Waals surface area contributed by atoms with Crippen molar-refractivity contribution in [1.82, 2.24) is 9.80 Å². The van der Waals surface area contributed by atoms with E-state index in [1.165, 1.54) is 11.6 Å². The Kier molecular flexibility index (Phi) is 7.96. The number of nitrogens with one attached hydrogen (secondary N) is 1. The molecule has 174 valence electrons. The Balaban J connectivity index is 1.76. The van der Waals surface area contributed by atoms with Crippen molar-refractivity contribution in [2.75, 3.05) is 31.9 Å². The molecule has 0 bridgehead atoms. The molecule has 0 saturated carbocycles. The first-order valence-electron chi connectivity index (χ1n) is 11.4. The van der Waals surface area contributed by atoms with Gasteiger partial charge < -0.3 is 9.80 Å². The summed E-state index contributed by atoms with van der Waals surface area (Å²) >= 11 is 0. The van der Waals surface area contributed by atoms with Crippen LogP contribution >= 0.6 is 0 Å². The number of benzene rings is 2. The largest absolute Gasteiger partial charge is 0.339 e. The Morgan fingerprint density at radius 1 is 1.12 bits per heavy atom. The zero-order valence-corrected chi connectivity index (χ0v) is 20.4. The van der Waals surface area contributed by atoms with Crippen molar-refractivity contribution in [3.05, 3.63) is 59.2 Å². The van der Waals surface area contributed by atoms with Crippen LogP contribution < -0.4 is 4.72 Å². The van der Waals surface area contributed by atoms with Gasteiger partial charge in [-0.3, -0.25) is 9.52 Å². The molecule has 32 heavy (non-hydrogen) atoms. The second kappa shape index (κ2) is 10.5. The number of piperidine rings is 1. The van der Waals surface area contributed by atoms with Crippen LogP contribution in [0.3, 0.4) is 0 Å². The molecule has 7 heteroatoms. The average molecular weight is 458 g/mol. The molecule has 1 N–H and O–H groups in total. The number of hydrogen-bond donors (Lipinski definition) is 1. The van der Waals surface area contributed by atoms with Crippen molar-refractivity contribution in [3.8, 4) is 0 Å². The summed E-state index contributed by atoms with van der Waals surface area (Å²) in [5.74, 6) is -0.130. The van der Waals surface area contributed by atoms with Crippen molar-refractivity contribution in [2.45, 2.75) is 56.9 Å². The molecule has 0 unspecified atom stereocenters. The first-order chi connectivity index (χ1) is 15.2. The number of hydrogen-bond acceptors (Lipinski definition) is 4. The van der Waals surface area contributed by atoms with Gasteiger partial charge in [0.15, 0.2) is 0 Å². The molecular formula is C25H35N3O3S. The molecule has 2 aromatic rings. The molecule has 3 rings (SSSR count). The number of rotatable bonds is 8. The highest BCUT2D eigenvalue weighted by molar-refractivity contribution is 7.92. The predicted molar refractivity (Wildman–Crippen MR) is 130 cm³/mol. The second-order valence-electron chi connectivity index (χ2n) is 8.83. The number of unbranched alkanes of at least 4 members (excludes halogenated alkanes) is 1. The summed E-state index contributed by atoms with van der Waals surface area (Å²) in [4.78, 5) is 17.3. The maximum Gasteiger partial charge on any atom is 0.261 e.